The second-order valence-corrected chi connectivity index (χ2v) is 8.96. The van der Waals surface area contributed by atoms with Gasteiger partial charge in [-0.15, -0.1) is 11.3 Å². The van der Waals surface area contributed by atoms with Crippen LogP contribution in [0.1, 0.15) is 28.1 Å². The van der Waals surface area contributed by atoms with E-state index in [-0.39, 0.29) is 18.6 Å². The SMILES string of the molecule is O=C(N[C@H]1CN2CCC1CC2)c1cc2cccc(-c3cccc(CO)c3)c2s1. The van der Waals surface area contributed by atoms with Gasteiger partial charge in [0.05, 0.1) is 11.5 Å². The zero-order valence-corrected chi connectivity index (χ0v) is 16.5. The highest BCUT2D eigenvalue weighted by molar-refractivity contribution is 7.21. The maximum absolute atomic E-state index is 13.0. The molecule has 3 saturated heterocycles. The highest BCUT2D eigenvalue weighted by atomic mass is 32.1. The second-order valence-electron chi connectivity index (χ2n) is 7.91. The Morgan fingerprint density at radius 1 is 1.14 bits per heavy atom. The van der Waals surface area contributed by atoms with Crippen LogP contribution >= 0.6 is 11.3 Å². The van der Waals surface area contributed by atoms with E-state index in [1.165, 1.54) is 25.9 Å². The molecule has 0 spiro atoms. The molecule has 0 aliphatic carbocycles. The minimum Gasteiger partial charge on any atom is -0.392 e. The van der Waals surface area contributed by atoms with Crippen LogP contribution in [0, 0.1) is 5.92 Å². The molecule has 3 aliphatic heterocycles. The number of amides is 1. The quantitative estimate of drug-likeness (QED) is 0.708. The molecule has 2 bridgehead atoms. The molecule has 5 heteroatoms. The minimum absolute atomic E-state index is 0.0293. The lowest BCUT2D eigenvalue weighted by atomic mass is 9.84. The molecule has 1 atom stereocenters. The van der Waals surface area contributed by atoms with Gasteiger partial charge in [-0.25, -0.2) is 0 Å². The molecule has 6 rings (SSSR count). The first-order valence-electron chi connectivity index (χ1n) is 9.97. The summed E-state index contributed by atoms with van der Waals surface area (Å²) in [5.41, 5.74) is 3.08. The molecule has 3 fully saturated rings. The summed E-state index contributed by atoms with van der Waals surface area (Å²) in [6.07, 6.45) is 2.39. The fourth-order valence-electron chi connectivity index (χ4n) is 4.61. The molecule has 1 amide bonds. The molecule has 2 N–H and O–H groups in total. The third-order valence-corrected chi connectivity index (χ3v) is 7.34. The van der Waals surface area contributed by atoms with Crippen molar-refractivity contribution in [3.8, 4) is 11.1 Å². The lowest BCUT2D eigenvalue weighted by Crippen LogP contribution is -2.57. The van der Waals surface area contributed by atoms with Crippen molar-refractivity contribution < 1.29 is 9.90 Å². The average molecular weight is 393 g/mol. The largest absolute Gasteiger partial charge is 0.392 e. The molecule has 144 valence electrons. The van der Waals surface area contributed by atoms with E-state index in [0.29, 0.717) is 5.92 Å². The van der Waals surface area contributed by atoms with Crippen molar-refractivity contribution in [2.45, 2.75) is 25.5 Å². The number of nitrogens with zero attached hydrogens (tertiary/aromatic N) is 1. The van der Waals surface area contributed by atoms with E-state index in [0.717, 1.165) is 38.2 Å². The van der Waals surface area contributed by atoms with Crippen LogP contribution in [-0.2, 0) is 6.61 Å². The van der Waals surface area contributed by atoms with E-state index >= 15 is 0 Å². The van der Waals surface area contributed by atoms with Crippen LogP contribution in [-0.4, -0.2) is 41.6 Å². The number of benzene rings is 2. The number of fused-ring (bicyclic) bond motifs is 4. The summed E-state index contributed by atoms with van der Waals surface area (Å²) >= 11 is 1.56. The van der Waals surface area contributed by atoms with Crippen molar-refractivity contribution in [1.29, 1.82) is 0 Å². The Bertz CT molecular complexity index is 1020. The van der Waals surface area contributed by atoms with Gasteiger partial charge in [0.15, 0.2) is 0 Å². The molecule has 28 heavy (non-hydrogen) atoms. The van der Waals surface area contributed by atoms with Crippen LogP contribution in [0.2, 0.25) is 0 Å². The Balaban J connectivity index is 1.44. The zero-order chi connectivity index (χ0) is 19.1. The summed E-state index contributed by atoms with van der Waals surface area (Å²) in [6, 6.07) is 16.4. The standard InChI is InChI=1S/C23H24N2O2S/c26-14-15-3-1-4-17(11-15)19-6-2-5-18-12-21(28-22(18)19)23(27)24-20-13-25-9-7-16(20)8-10-25/h1-6,11-12,16,20,26H,7-10,13-14H2,(H,24,27)/t20-/m0/s1. The molecule has 4 heterocycles. The molecule has 3 aromatic rings. The van der Waals surface area contributed by atoms with Gasteiger partial charge in [-0.1, -0.05) is 36.4 Å². The highest BCUT2D eigenvalue weighted by Crippen LogP contribution is 2.36. The number of hydrogen-bond donors (Lipinski definition) is 2. The summed E-state index contributed by atoms with van der Waals surface area (Å²) in [5.74, 6) is 0.676. The first-order valence-corrected chi connectivity index (χ1v) is 10.8. The Labute approximate surface area is 168 Å². The summed E-state index contributed by atoms with van der Waals surface area (Å²) in [6.45, 7) is 3.37. The summed E-state index contributed by atoms with van der Waals surface area (Å²) < 4.78 is 1.12. The van der Waals surface area contributed by atoms with Gasteiger partial charge >= 0.3 is 0 Å². The number of thiophene rings is 1. The van der Waals surface area contributed by atoms with E-state index in [2.05, 4.69) is 28.4 Å². The van der Waals surface area contributed by atoms with Gasteiger partial charge in [0.2, 0.25) is 0 Å². The number of piperidine rings is 3. The summed E-state index contributed by atoms with van der Waals surface area (Å²) in [7, 11) is 0. The van der Waals surface area contributed by atoms with Crippen LogP contribution in [0.3, 0.4) is 0 Å². The Morgan fingerprint density at radius 3 is 2.71 bits per heavy atom. The lowest BCUT2D eigenvalue weighted by molar-refractivity contribution is 0.0622. The van der Waals surface area contributed by atoms with Gasteiger partial charge in [0.25, 0.3) is 5.91 Å². The van der Waals surface area contributed by atoms with Gasteiger partial charge < -0.3 is 15.3 Å². The predicted molar refractivity (Wildman–Crippen MR) is 114 cm³/mol. The fourth-order valence-corrected chi connectivity index (χ4v) is 5.71. The van der Waals surface area contributed by atoms with E-state index in [1.807, 2.05) is 30.3 Å². The minimum atomic E-state index is 0.0293. The Hall–Kier alpha value is -2.21. The van der Waals surface area contributed by atoms with E-state index < -0.39 is 0 Å². The van der Waals surface area contributed by atoms with Gasteiger partial charge in [0, 0.05) is 17.3 Å². The number of rotatable bonds is 4. The summed E-state index contributed by atoms with van der Waals surface area (Å²) in [4.78, 5) is 16.2. The number of aliphatic hydroxyl groups excluding tert-OH is 1. The van der Waals surface area contributed by atoms with Crippen LogP contribution in [0.5, 0.6) is 0 Å². The van der Waals surface area contributed by atoms with Crippen molar-refractivity contribution >= 4 is 27.3 Å². The maximum Gasteiger partial charge on any atom is 0.261 e. The van der Waals surface area contributed by atoms with E-state index in [4.69, 9.17) is 0 Å². The van der Waals surface area contributed by atoms with Crippen LogP contribution in [0.15, 0.2) is 48.5 Å². The first-order chi connectivity index (χ1) is 13.7. The van der Waals surface area contributed by atoms with Crippen LogP contribution in [0.25, 0.3) is 21.2 Å². The molecule has 3 aliphatic rings. The number of carbonyl (C=O) groups excluding carboxylic acids is 1. The topological polar surface area (TPSA) is 52.6 Å². The van der Waals surface area contributed by atoms with Crippen molar-refractivity contribution in [2.24, 2.45) is 5.92 Å². The average Bonchev–Trinajstić information content (AvgIpc) is 3.19. The van der Waals surface area contributed by atoms with E-state index in [9.17, 15) is 9.90 Å². The van der Waals surface area contributed by atoms with E-state index in [1.54, 1.807) is 11.3 Å². The van der Waals surface area contributed by atoms with Gasteiger partial charge in [-0.05, 0) is 66.1 Å². The number of carbonyl (C=O) groups is 1. The van der Waals surface area contributed by atoms with Crippen molar-refractivity contribution in [1.82, 2.24) is 10.2 Å². The summed E-state index contributed by atoms with van der Waals surface area (Å²) in [5, 5.41) is 13.8. The second kappa shape index (κ2) is 7.32. The molecule has 0 saturated carbocycles. The van der Waals surface area contributed by atoms with Crippen LogP contribution in [0.4, 0.5) is 0 Å². The first kappa shape index (κ1) is 17.9. The molecular formula is C23H24N2O2S. The predicted octanol–water partition coefficient (Wildman–Crippen LogP) is 3.88. The van der Waals surface area contributed by atoms with Gasteiger partial charge in [-0.3, -0.25) is 4.79 Å². The molecular weight excluding hydrogens is 368 g/mol. The highest BCUT2D eigenvalue weighted by Gasteiger charge is 2.35. The van der Waals surface area contributed by atoms with Crippen molar-refractivity contribution in [3.05, 3.63) is 59.0 Å². The fraction of sp³-hybridized carbons (Fsp3) is 0.348. The Morgan fingerprint density at radius 2 is 1.96 bits per heavy atom. The van der Waals surface area contributed by atoms with Gasteiger partial charge in [-0.2, -0.15) is 0 Å². The van der Waals surface area contributed by atoms with Crippen molar-refractivity contribution in [3.63, 3.8) is 0 Å². The Kier molecular flexibility index (Phi) is 4.67. The normalized spacial score (nSPS) is 23.8. The third-order valence-electron chi connectivity index (χ3n) is 6.16. The molecule has 1 aromatic heterocycles. The number of nitrogens with one attached hydrogen (secondary N) is 1. The molecule has 0 radical (unpaired) electrons. The van der Waals surface area contributed by atoms with Crippen molar-refractivity contribution in [2.75, 3.05) is 19.6 Å². The third kappa shape index (κ3) is 3.24. The maximum atomic E-state index is 13.0. The number of aliphatic hydroxyl groups is 1. The van der Waals surface area contributed by atoms with Crippen LogP contribution < -0.4 is 5.32 Å². The molecule has 2 aromatic carbocycles. The molecule has 0 unspecified atom stereocenters. The smallest absolute Gasteiger partial charge is 0.261 e. The number of hydrogen-bond acceptors (Lipinski definition) is 4. The molecule has 4 nitrogen and oxygen atoms in total. The zero-order valence-electron chi connectivity index (χ0n) is 15.7. The monoisotopic (exact) mass is 392 g/mol. The lowest BCUT2D eigenvalue weighted by Gasteiger charge is -2.44. The van der Waals surface area contributed by atoms with Gasteiger partial charge in [0.1, 0.15) is 0 Å².